The van der Waals surface area contributed by atoms with Crippen molar-refractivity contribution in [1.82, 2.24) is 0 Å². The highest BCUT2D eigenvalue weighted by Gasteiger charge is 2.17. The van der Waals surface area contributed by atoms with Gasteiger partial charge in [-0.2, -0.15) is 0 Å². The Balaban J connectivity index is 2.16. The predicted octanol–water partition coefficient (Wildman–Crippen LogP) is 2.77. The summed E-state index contributed by atoms with van der Waals surface area (Å²) in [4.78, 5) is 22.9. The van der Waals surface area contributed by atoms with E-state index in [2.05, 4.69) is 5.32 Å². The van der Waals surface area contributed by atoms with Crippen molar-refractivity contribution in [3.8, 4) is 0 Å². The van der Waals surface area contributed by atoms with E-state index >= 15 is 0 Å². The summed E-state index contributed by atoms with van der Waals surface area (Å²) >= 11 is 0. The fourth-order valence-corrected chi connectivity index (χ4v) is 2.01. The number of nitrogens with one attached hydrogen (secondary N) is 1. The first kappa shape index (κ1) is 11.6. The summed E-state index contributed by atoms with van der Waals surface area (Å²) in [6.45, 7) is 2.10. The maximum atomic E-state index is 11.6. The SMILES string of the molecule is CCOC(=O)Nc1ccc2c(c1)CCCC2=O. The number of hydrogen-bond acceptors (Lipinski definition) is 3. The molecule has 1 aliphatic rings. The summed E-state index contributed by atoms with van der Waals surface area (Å²) in [6, 6.07) is 5.36. The predicted molar refractivity (Wildman–Crippen MR) is 64.4 cm³/mol. The van der Waals surface area contributed by atoms with E-state index in [0.29, 0.717) is 18.7 Å². The van der Waals surface area contributed by atoms with Gasteiger partial charge in [0.25, 0.3) is 0 Å². The minimum Gasteiger partial charge on any atom is -0.450 e. The second kappa shape index (κ2) is 4.99. The van der Waals surface area contributed by atoms with Gasteiger partial charge in [0.15, 0.2) is 5.78 Å². The van der Waals surface area contributed by atoms with Crippen molar-refractivity contribution in [3.63, 3.8) is 0 Å². The summed E-state index contributed by atoms with van der Waals surface area (Å²) in [5, 5.41) is 2.64. The lowest BCUT2D eigenvalue weighted by atomic mass is 9.90. The molecule has 0 saturated heterocycles. The lowest BCUT2D eigenvalue weighted by Gasteiger charge is -2.15. The summed E-state index contributed by atoms with van der Waals surface area (Å²) in [5.74, 6) is 0.189. The van der Waals surface area contributed by atoms with Crippen LogP contribution in [0.15, 0.2) is 18.2 Å². The van der Waals surface area contributed by atoms with Crippen molar-refractivity contribution in [2.24, 2.45) is 0 Å². The Morgan fingerprint density at radius 2 is 2.24 bits per heavy atom. The average Bonchev–Trinajstić information content (AvgIpc) is 2.29. The molecule has 1 aromatic carbocycles. The van der Waals surface area contributed by atoms with Gasteiger partial charge in [0.1, 0.15) is 0 Å². The van der Waals surface area contributed by atoms with Crippen LogP contribution in [0.3, 0.4) is 0 Å². The number of aryl methyl sites for hydroxylation is 1. The van der Waals surface area contributed by atoms with Crippen LogP contribution in [-0.2, 0) is 11.2 Å². The van der Waals surface area contributed by atoms with E-state index in [1.54, 1.807) is 19.1 Å². The third kappa shape index (κ3) is 2.64. The Morgan fingerprint density at radius 3 is 3.00 bits per heavy atom. The van der Waals surface area contributed by atoms with Gasteiger partial charge in [-0.3, -0.25) is 10.1 Å². The Morgan fingerprint density at radius 1 is 1.41 bits per heavy atom. The van der Waals surface area contributed by atoms with E-state index in [4.69, 9.17) is 4.74 Å². The van der Waals surface area contributed by atoms with Gasteiger partial charge in [0, 0.05) is 17.7 Å². The van der Waals surface area contributed by atoms with Gasteiger partial charge in [0.05, 0.1) is 6.61 Å². The first-order valence-electron chi connectivity index (χ1n) is 5.80. The molecule has 0 bridgehead atoms. The monoisotopic (exact) mass is 233 g/mol. The number of rotatable bonds is 2. The normalized spacial score (nSPS) is 14.1. The van der Waals surface area contributed by atoms with Gasteiger partial charge in [-0.25, -0.2) is 4.79 Å². The van der Waals surface area contributed by atoms with E-state index in [-0.39, 0.29) is 5.78 Å². The van der Waals surface area contributed by atoms with E-state index in [9.17, 15) is 9.59 Å². The molecular weight excluding hydrogens is 218 g/mol. The molecule has 0 heterocycles. The Kier molecular flexibility index (Phi) is 3.42. The van der Waals surface area contributed by atoms with Crippen molar-refractivity contribution < 1.29 is 14.3 Å². The van der Waals surface area contributed by atoms with E-state index in [1.807, 2.05) is 6.07 Å². The molecule has 0 fully saturated rings. The highest BCUT2D eigenvalue weighted by Crippen LogP contribution is 2.24. The highest BCUT2D eigenvalue weighted by atomic mass is 16.5. The van der Waals surface area contributed by atoms with Crippen LogP contribution in [0.25, 0.3) is 0 Å². The van der Waals surface area contributed by atoms with Crippen LogP contribution in [0.2, 0.25) is 0 Å². The number of ether oxygens (including phenoxy) is 1. The second-order valence-corrected chi connectivity index (χ2v) is 3.99. The van der Waals surface area contributed by atoms with Gasteiger partial charge in [-0.1, -0.05) is 0 Å². The molecule has 17 heavy (non-hydrogen) atoms. The summed E-state index contributed by atoms with van der Waals surface area (Å²) < 4.78 is 4.79. The van der Waals surface area contributed by atoms with E-state index in [0.717, 1.165) is 24.0 Å². The molecule has 0 aromatic heterocycles. The van der Waals surface area contributed by atoms with Crippen LogP contribution in [0.5, 0.6) is 0 Å². The standard InChI is InChI=1S/C13H15NO3/c1-2-17-13(16)14-10-6-7-11-9(8-10)4-3-5-12(11)15/h6-8H,2-5H2,1H3,(H,14,16). The van der Waals surface area contributed by atoms with Crippen LogP contribution in [-0.4, -0.2) is 18.5 Å². The van der Waals surface area contributed by atoms with Gasteiger partial charge < -0.3 is 4.74 Å². The minimum absolute atomic E-state index is 0.189. The van der Waals surface area contributed by atoms with Gasteiger partial charge in [-0.05, 0) is 43.5 Å². The quantitative estimate of drug-likeness (QED) is 0.854. The second-order valence-electron chi connectivity index (χ2n) is 3.99. The largest absolute Gasteiger partial charge is 0.450 e. The molecule has 1 aliphatic carbocycles. The molecule has 4 nitrogen and oxygen atoms in total. The molecule has 0 saturated carbocycles. The van der Waals surface area contributed by atoms with E-state index in [1.165, 1.54) is 0 Å². The van der Waals surface area contributed by atoms with Crippen molar-refractivity contribution in [2.45, 2.75) is 26.2 Å². The first-order chi connectivity index (χ1) is 8.20. The third-order valence-electron chi connectivity index (χ3n) is 2.78. The Labute approximate surface area is 100.0 Å². The van der Waals surface area contributed by atoms with Crippen LogP contribution in [0.1, 0.15) is 35.7 Å². The molecule has 0 aliphatic heterocycles. The fraction of sp³-hybridized carbons (Fsp3) is 0.385. The lowest BCUT2D eigenvalue weighted by molar-refractivity contribution is 0.0972. The maximum Gasteiger partial charge on any atom is 0.411 e. The number of carbonyl (C=O) groups is 2. The summed E-state index contributed by atoms with van der Waals surface area (Å²) in [7, 11) is 0. The van der Waals surface area contributed by atoms with Crippen LogP contribution in [0, 0.1) is 0 Å². The number of benzene rings is 1. The van der Waals surface area contributed by atoms with Crippen LogP contribution >= 0.6 is 0 Å². The molecule has 0 atom stereocenters. The average molecular weight is 233 g/mol. The molecule has 0 radical (unpaired) electrons. The summed E-state index contributed by atoms with van der Waals surface area (Å²) in [5.41, 5.74) is 2.47. The number of Topliss-reactive ketones (excluding diaryl/α,β-unsaturated/α-hetero) is 1. The number of ketones is 1. The number of fused-ring (bicyclic) bond motifs is 1. The van der Waals surface area contributed by atoms with Crippen LogP contribution < -0.4 is 5.32 Å². The third-order valence-corrected chi connectivity index (χ3v) is 2.78. The Bertz CT molecular complexity index is 454. The molecular formula is C13H15NO3. The van der Waals surface area contributed by atoms with Crippen molar-refractivity contribution >= 4 is 17.6 Å². The Hall–Kier alpha value is -1.84. The lowest BCUT2D eigenvalue weighted by Crippen LogP contribution is -2.15. The number of amides is 1. The molecule has 1 amide bonds. The fourth-order valence-electron chi connectivity index (χ4n) is 2.01. The van der Waals surface area contributed by atoms with Crippen molar-refractivity contribution in [1.29, 1.82) is 0 Å². The zero-order valence-electron chi connectivity index (χ0n) is 9.79. The smallest absolute Gasteiger partial charge is 0.411 e. The van der Waals surface area contributed by atoms with E-state index < -0.39 is 6.09 Å². The van der Waals surface area contributed by atoms with Gasteiger partial charge in [0.2, 0.25) is 0 Å². The summed E-state index contributed by atoms with van der Waals surface area (Å²) in [6.07, 6.45) is 1.93. The molecule has 90 valence electrons. The highest BCUT2D eigenvalue weighted by molar-refractivity contribution is 5.99. The molecule has 1 aromatic rings. The minimum atomic E-state index is -0.463. The maximum absolute atomic E-state index is 11.6. The first-order valence-corrected chi connectivity index (χ1v) is 5.80. The molecule has 0 unspecified atom stereocenters. The van der Waals surface area contributed by atoms with Crippen molar-refractivity contribution in [2.75, 3.05) is 11.9 Å². The zero-order valence-corrected chi connectivity index (χ0v) is 9.79. The number of carbonyl (C=O) groups excluding carboxylic acids is 2. The van der Waals surface area contributed by atoms with Crippen LogP contribution in [0.4, 0.5) is 10.5 Å². The van der Waals surface area contributed by atoms with Gasteiger partial charge >= 0.3 is 6.09 Å². The van der Waals surface area contributed by atoms with Gasteiger partial charge in [-0.15, -0.1) is 0 Å². The molecule has 2 rings (SSSR count). The molecule has 0 spiro atoms. The number of anilines is 1. The topological polar surface area (TPSA) is 55.4 Å². The molecule has 1 N–H and O–H groups in total. The number of hydrogen-bond donors (Lipinski definition) is 1. The van der Waals surface area contributed by atoms with Crippen molar-refractivity contribution in [3.05, 3.63) is 29.3 Å². The molecule has 4 heteroatoms. The zero-order chi connectivity index (χ0) is 12.3.